The van der Waals surface area contributed by atoms with Crippen LogP contribution in [0.15, 0.2) is 36.4 Å². The molecule has 3 rings (SSSR count). The largest absolute Gasteiger partial charge is 0.348 e. The predicted octanol–water partition coefficient (Wildman–Crippen LogP) is 4.47. The SMILES string of the molecule is CC(C)c1cccc(C(C)C)c1NC(=O)c1cccc(C(=O)NC2CC2)n1. The normalized spacial score (nSPS) is 13.7. The van der Waals surface area contributed by atoms with Gasteiger partial charge in [0.25, 0.3) is 11.8 Å². The standard InChI is InChI=1S/C22H27N3O2/c1-13(2)16-7-5-8-17(14(3)4)20(16)25-22(27)19-10-6-9-18(24-19)21(26)23-15-11-12-15/h5-10,13-15H,11-12H2,1-4H3,(H,23,26)(H,25,27). The minimum absolute atomic E-state index is 0.224. The Balaban J connectivity index is 1.86. The lowest BCUT2D eigenvalue weighted by Crippen LogP contribution is -2.27. The van der Waals surface area contributed by atoms with Crippen LogP contribution < -0.4 is 10.6 Å². The molecule has 5 heteroatoms. The van der Waals surface area contributed by atoms with Crippen molar-refractivity contribution in [1.82, 2.24) is 10.3 Å². The molecule has 0 saturated heterocycles. The van der Waals surface area contributed by atoms with Crippen molar-refractivity contribution in [3.05, 3.63) is 58.9 Å². The van der Waals surface area contributed by atoms with Crippen molar-refractivity contribution in [2.45, 2.75) is 58.4 Å². The van der Waals surface area contributed by atoms with Gasteiger partial charge in [0.05, 0.1) is 0 Å². The Labute approximate surface area is 160 Å². The Hall–Kier alpha value is -2.69. The van der Waals surface area contributed by atoms with Gasteiger partial charge in [-0.3, -0.25) is 9.59 Å². The van der Waals surface area contributed by atoms with Crippen molar-refractivity contribution in [1.29, 1.82) is 0 Å². The molecular weight excluding hydrogens is 338 g/mol. The molecule has 1 saturated carbocycles. The highest BCUT2D eigenvalue weighted by Crippen LogP contribution is 2.32. The number of pyridine rings is 1. The number of hydrogen-bond donors (Lipinski definition) is 2. The summed E-state index contributed by atoms with van der Waals surface area (Å²) in [4.78, 5) is 29.4. The minimum atomic E-state index is -0.300. The van der Waals surface area contributed by atoms with Crippen LogP contribution in [0, 0.1) is 0 Å². The zero-order chi connectivity index (χ0) is 19.6. The van der Waals surface area contributed by atoms with E-state index in [0.717, 1.165) is 29.7 Å². The zero-order valence-corrected chi connectivity index (χ0v) is 16.4. The van der Waals surface area contributed by atoms with Crippen LogP contribution in [0.5, 0.6) is 0 Å². The number of benzene rings is 1. The number of hydrogen-bond acceptors (Lipinski definition) is 3. The molecule has 1 aromatic heterocycles. The van der Waals surface area contributed by atoms with E-state index < -0.39 is 0 Å². The van der Waals surface area contributed by atoms with Gasteiger partial charge in [-0.25, -0.2) is 4.98 Å². The Kier molecular flexibility index (Phi) is 5.59. The molecule has 0 unspecified atom stereocenters. The molecule has 142 valence electrons. The van der Waals surface area contributed by atoms with E-state index in [4.69, 9.17) is 0 Å². The van der Waals surface area contributed by atoms with Crippen molar-refractivity contribution in [3.8, 4) is 0 Å². The molecule has 1 aliphatic rings. The number of nitrogens with zero attached hydrogens (tertiary/aromatic N) is 1. The van der Waals surface area contributed by atoms with Gasteiger partial charge in [0.15, 0.2) is 0 Å². The number of anilines is 1. The van der Waals surface area contributed by atoms with Gasteiger partial charge in [0.1, 0.15) is 11.4 Å². The third-order valence-corrected chi connectivity index (χ3v) is 4.74. The number of para-hydroxylation sites is 1. The maximum atomic E-state index is 12.9. The molecule has 1 heterocycles. The first-order valence-corrected chi connectivity index (χ1v) is 9.59. The van der Waals surface area contributed by atoms with Crippen molar-refractivity contribution in [2.75, 3.05) is 5.32 Å². The van der Waals surface area contributed by atoms with Crippen LogP contribution in [0.2, 0.25) is 0 Å². The third-order valence-electron chi connectivity index (χ3n) is 4.74. The average molecular weight is 365 g/mol. The number of carbonyl (C=O) groups excluding carboxylic acids is 2. The average Bonchev–Trinajstić information content (AvgIpc) is 3.45. The molecule has 1 fully saturated rings. The summed E-state index contributed by atoms with van der Waals surface area (Å²) >= 11 is 0. The number of rotatable bonds is 6. The van der Waals surface area contributed by atoms with E-state index in [1.165, 1.54) is 0 Å². The number of nitrogens with one attached hydrogen (secondary N) is 2. The Morgan fingerprint density at radius 1 is 0.889 bits per heavy atom. The molecule has 1 aromatic carbocycles. The summed E-state index contributed by atoms with van der Waals surface area (Å²) in [5.41, 5.74) is 3.55. The van der Waals surface area contributed by atoms with Gasteiger partial charge in [0, 0.05) is 11.7 Å². The van der Waals surface area contributed by atoms with Crippen LogP contribution in [0.4, 0.5) is 5.69 Å². The van der Waals surface area contributed by atoms with E-state index in [9.17, 15) is 9.59 Å². The topological polar surface area (TPSA) is 71.1 Å². The Bertz CT molecular complexity index is 828. The fourth-order valence-corrected chi connectivity index (χ4v) is 3.05. The molecular formula is C22H27N3O2. The molecule has 27 heavy (non-hydrogen) atoms. The molecule has 0 aliphatic heterocycles. The number of carbonyl (C=O) groups is 2. The van der Waals surface area contributed by atoms with Crippen LogP contribution in [-0.2, 0) is 0 Å². The summed E-state index contributed by atoms with van der Waals surface area (Å²) < 4.78 is 0. The summed E-state index contributed by atoms with van der Waals surface area (Å²) in [6.45, 7) is 8.43. The van der Waals surface area contributed by atoms with Gasteiger partial charge in [-0.15, -0.1) is 0 Å². The van der Waals surface area contributed by atoms with Gasteiger partial charge >= 0.3 is 0 Å². The van der Waals surface area contributed by atoms with E-state index in [-0.39, 0.29) is 41.1 Å². The fraction of sp³-hybridized carbons (Fsp3) is 0.409. The summed E-state index contributed by atoms with van der Waals surface area (Å²) in [5, 5.41) is 5.95. The van der Waals surface area contributed by atoms with Gasteiger partial charge in [0.2, 0.25) is 0 Å². The lowest BCUT2D eigenvalue weighted by Gasteiger charge is -2.20. The quantitative estimate of drug-likeness (QED) is 0.793. The molecule has 0 bridgehead atoms. The van der Waals surface area contributed by atoms with Crippen molar-refractivity contribution >= 4 is 17.5 Å². The second-order valence-electron chi connectivity index (χ2n) is 7.73. The lowest BCUT2D eigenvalue weighted by molar-refractivity contribution is 0.0946. The molecule has 2 amide bonds. The van der Waals surface area contributed by atoms with Gasteiger partial charge in [-0.05, 0) is 47.9 Å². The Morgan fingerprint density at radius 2 is 1.41 bits per heavy atom. The van der Waals surface area contributed by atoms with Crippen molar-refractivity contribution in [3.63, 3.8) is 0 Å². The molecule has 0 radical (unpaired) electrons. The van der Waals surface area contributed by atoms with E-state index in [2.05, 4.69) is 43.3 Å². The van der Waals surface area contributed by atoms with E-state index in [1.54, 1.807) is 18.2 Å². The molecule has 5 nitrogen and oxygen atoms in total. The minimum Gasteiger partial charge on any atom is -0.348 e. The fourth-order valence-electron chi connectivity index (χ4n) is 3.05. The molecule has 2 N–H and O–H groups in total. The summed E-state index contributed by atoms with van der Waals surface area (Å²) in [5.74, 6) is 0.0360. The summed E-state index contributed by atoms with van der Waals surface area (Å²) in [7, 11) is 0. The molecule has 1 aliphatic carbocycles. The molecule has 0 spiro atoms. The summed E-state index contributed by atoms with van der Waals surface area (Å²) in [6.07, 6.45) is 2.02. The first kappa shape index (κ1) is 19.1. The first-order valence-electron chi connectivity index (χ1n) is 9.59. The molecule has 2 aromatic rings. The maximum absolute atomic E-state index is 12.9. The summed E-state index contributed by atoms with van der Waals surface area (Å²) in [6, 6.07) is 11.3. The van der Waals surface area contributed by atoms with Crippen LogP contribution in [0.1, 0.15) is 84.5 Å². The predicted molar refractivity (Wildman–Crippen MR) is 107 cm³/mol. The van der Waals surface area contributed by atoms with Gasteiger partial charge in [-0.2, -0.15) is 0 Å². The number of aromatic nitrogens is 1. The van der Waals surface area contributed by atoms with Crippen molar-refractivity contribution < 1.29 is 9.59 Å². The van der Waals surface area contributed by atoms with Gasteiger partial charge < -0.3 is 10.6 Å². The van der Waals surface area contributed by atoms with Crippen LogP contribution in [0.3, 0.4) is 0 Å². The second kappa shape index (κ2) is 7.91. The number of amides is 2. The van der Waals surface area contributed by atoms with Crippen LogP contribution in [0.25, 0.3) is 0 Å². The smallest absolute Gasteiger partial charge is 0.274 e. The van der Waals surface area contributed by atoms with E-state index in [0.29, 0.717) is 0 Å². The highest BCUT2D eigenvalue weighted by molar-refractivity contribution is 6.04. The lowest BCUT2D eigenvalue weighted by atomic mass is 9.92. The highest BCUT2D eigenvalue weighted by Gasteiger charge is 2.25. The van der Waals surface area contributed by atoms with Gasteiger partial charge in [-0.1, -0.05) is 52.0 Å². The van der Waals surface area contributed by atoms with Crippen molar-refractivity contribution in [2.24, 2.45) is 0 Å². The maximum Gasteiger partial charge on any atom is 0.274 e. The second-order valence-corrected chi connectivity index (χ2v) is 7.73. The third kappa shape index (κ3) is 4.54. The van der Waals surface area contributed by atoms with E-state index >= 15 is 0 Å². The Morgan fingerprint density at radius 3 is 1.93 bits per heavy atom. The highest BCUT2D eigenvalue weighted by atomic mass is 16.2. The van der Waals surface area contributed by atoms with E-state index in [1.807, 2.05) is 18.2 Å². The monoisotopic (exact) mass is 365 g/mol. The molecule has 0 atom stereocenters. The van der Waals surface area contributed by atoms with Crippen LogP contribution in [-0.4, -0.2) is 22.8 Å². The zero-order valence-electron chi connectivity index (χ0n) is 16.4. The first-order chi connectivity index (χ1) is 12.9. The van der Waals surface area contributed by atoms with Crippen LogP contribution >= 0.6 is 0 Å².